The standard InChI is InChI=1S/C22H24N6OS.C2HF3O2/c1-27-21(24-25-26-27)17-11-14-28(15-12-17)13-10-16-6-8-18(9-7-16)29-22-23-19-4-2-3-5-20(19)30-22;3-2(4,5)1(6)7/h2-9,17H,10-15H2,1H3;(H,6,7). The number of fused-ring (bicyclic) bond motifs is 1. The number of piperidine rings is 1. The summed E-state index contributed by atoms with van der Waals surface area (Å²) in [5.41, 5.74) is 2.31. The number of ether oxygens (including phenoxy) is 1. The molecule has 196 valence electrons. The molecule has 0 unspecified atom stereocenters. The summed E-state index contributed by atoms with van der Waals surface area (Å²) in [5, 5.41) is 19.7. The van der Waals surface area contributed by atoms with Gasteiger partial charge < -0.3 is 14.7 Å². The van der Waals surface area contributed by atoms with E-state index in [0.29, 0.717) is 11.1 Å². The number of hydrogen-bond acceptors (Lipinski definition) is 8. The Kier molecular flexibility index (Phi) is 8.34. The first-order valence-corrected chi connectivity index (χ1v) is 12.4. The molecule has 0 spiro atoms. The molecule has 1 aliphatic rings. The van der Waals surface area contributed by atoms with E-state index >= 15 is 0 Å². The number of carboxylic acid groups (broad SMARTS) is 1. The Balaban J connectivity index is 0.000000405. The van der Waals surface area contributed by atoms with Crippen molar-refractivity contribution in [2.24, 2.45) is 7.05 Å². The van der Waals surface area contributed by atoms with E-state index in [0.717, 1.165) is 60.7 Å². The van der Waals surface area contributed by atoms with Gasteiger partial charge in [-0.1, -0.05) is 35.6 Å². The van der Waals surface area contributed by atoms with Gasteiger partial charge in [0.25, 0.3) is 5.19 Å². The lowest BCUT2D eigenvalue weighted by Gasteiger charge is -2.31. The van der Waals surface area contributed by atoms with Crippen LogP contribution in [-0.2, 0) is 18.3 Å². The highest BCUT2D eigenvalue weighted by atomic mass is 32.1. The predicted molar refractivity (Wildman–Crippen MR) is 131 cm³/mol. The minimum atomic E-state index is -5.08. The second-order valence-electron chi connectivity index (χ2n) is 8.52. The summed E-state index contributed by atoms with van der Waals surface area (Å²) in [5.74, 6) is -0.443. The summed E-state index contributed by atoms with van der Waals surface area (Å²) in [6.45, 7) is 3.26. The number of para-hydroxylation sites is 1. The van der Waals surface area contributed by atoms with Gasteiger partial charge in [-0.05, 0) is 72.6 Å². The molecule has 2 aromatic heterocycles. The minimum absolute atomic E-state index is 0.472. The molecule has 2 aromatic carbocycles. The summed E-state index contributed by atoms with van der Waals surface area (Å²) in [6.07, 6.45) is -1.82. The van der Waals surface area contributed by atoms with Crippen LogP contribution in [0.25, 0.3) is 10.2 Å². The fraction of sp³-hybridized carbons (Fsp3) is 0.375. The number of alkyl halides is 3. The number of carboxylic acids is 1. The minimum Gasteiger partial charge on any atom is -0.475 e. The second-order valence-corrected chi connectivity index (χ2v) is 9.52. The van der Waals surface area contributed by atoms with Gasteiger partial charge >= 0.3 is 12.1 Å². The van der Waals surface area contributed by atoms with E-state index in [1.807, 2.05) is 37.4 Å². The average Bonchev–Trinajstić information content (AvgIpc) is 3.49. The monoisotopic (exact) mass is 534 g/mol. The molecule has 0 amide bonds. The van der Waals surface area contributed by atoms with Crippen molar-refractivity contribution in [1.82, 2.24) is 30.1 Å². The molecule has 1 saturated heterocycles. The maximum absolute atomic E-state index is 10.6. The first-order chi connectivity index (χ1) is 17.7. The van der Waals surface area contributed by atoms with Crippen molar-refractivity contribution in [2.75, 3.05) is 19.6 Å². The predicted octanol–water partition coefficient (Wildman–Crippen LogP) is 4.67. The molecule has 0 aliphatic carbocycles. The molecular weight excluding hydrogens is 509 g/mol. The normalized spacial score (nSPS) is 14.8. The maximum Gasteiger partial charge on any atom is 0.490 e. The van der Waals surface area contributed by atoms with Crippen LogP contribution in [0.15, 0.2) is 48.5 Å². The molecule has 9 nitrogen and oxygen atoms in total. The zero-order chi connectivity index (χ0) is 26.4. The third kappa shape index (κ3) is 7.23. The molecule has 0 radical (unpaired) electrons. The van der Waals surface area contributed by atoms with Crippen molar-refractivity contribution in [3.05, 3.63) is 59.9 Å². The van der Waals surface area contributed by atoms with Gasteiger partial charge in [0.15, 0.2) is 5.82 Å². The molecule has 0 saturated carbocycles. The van der Waals surface area contributed by atoms with E-state index in [-0.39, 0.29) is 0 Å². The summed E-state index contributed by atoms with van der Waals surface area (Å²) in [7, 11) is 1.92. The Morgan fingerprint density at radius 3 is 2.41 bits per heavy atom. The van der Waals surface area contributed by atoms with Gasteiger partial charge in [0, 0.05) is 19.5 Å². The number of halogens is 3. The van der Waals surface area contributed by atoms with Crippen molar-refractivity contribution < 1.29 is 27.8 Å². The van der Waals surface area contributed by atoms with Gasteiger partial charge in [0.1, 0.15) is 5.75 Å². The molecule has 13 heteroatoms. The smallest absolute Gasteiger partial charge is 0.475 e. The fourth-order valence-corrected chi connectivity index (χ4v) is 4.84. The molecule has 1 aliphatic heterocycles. The Bertz CT molecular complexity index is 1280. The van der Waals surface area contributed by atoms with Crippen LogP contribution in [0, 0.1) is 0 Å². The van der Waals surface area contributed by atoms with Gasteiger partial charge in [-0.2, -0.15) is 13.2 Å². The maximum atomic E-state index is 10.6. The van der Waals surface area contributed by atoms with E-state index in [4.69, 9.17) is 14.6 Å². The van der Waals surface area contributed by atoms with Crippen molar-refractivity contribution >= 4 is 27.5 Å². The Morgan fingerprint density at radius 1 is 1.14 bits per heavy atom. The number of nitrogens with zero attached hydrogens (tertiary/aromatic N) is 6. The van der Waals surface area contributed by atoms with E-state index < -0.39 is 12.1 Å². The second kappa shape index (κ2) is 11.6. The van der Waals surface area contributed by atoms with Crippen LogP contribution in [0.3, 0.4) is 0 Å². The lowest BCUT2D eigenvalue weighted by molar-refractivity contribution is -0.192. The number of rotatable bonds is 6. The van der Waals surface area contributed by atoms with Gasteiger partial charge in [-0.25, -0.2) is 14.5 Å². The zero-order valence-corrected chi connectivity index (χ0v) is 20.7. The summed E-state index contributed by atoms with van der Waals surface area (Å²) >= 11 is 1.57. The molecule has 37 heavy (non-hydrogen) atoms. The zero-order valence-electron chi connectivity index (χ0n) is 19.9. The topological polar surface area (TPSA) is 106 Å². The number of likely N-dealkylation sites (tertiary alicyclic amines) is 1. The van der Waals surface area contributed by atoms with Crippen LogP contribution in [-0.4, -0.2) is 67.0 Å². The number of benzene rings is 2. The van der Waals surface area contributed by atoms with Crippen LogP contribution < -0.4 is 4.74 Å². The Labute approximate surface area is 214 Å². The largest absolute Gasteiger partial charge is 0.490 e. The van der Waals surface area contributed by atoms with Crippen LogP contribution in [0.2, 0.25) is 0 Å². The molecule has 0 bridgehead atoms. The van der Waals surface area contributed by atoms with E-state index in [9.17, 15) is 13.2 Å². The Morgan fingerprint density at radius 2 is 1.81 bits per heavy atom. The molecule has 3 heterocycles. The van der Waals surface area contributed by atoms with Gasteiger partial charge in [0.2, 0.25) is 0 Å². The highest BCUT2D eigenvalue weighted by molar-refractivity contribution is 7.20. The number of hydrogen-bond donors (Lipinski definition) is 1. The number of thiazole rings is 1. The Hall–Kier alpha value is -3.58. The number of aliphatic carboxylic acids is 1. The van der Waals surface area contributed by atoms with E-state index in [1.54, 1.807) is 16.0 Å². The summed E-state index contributed by atoms with van der Waals surface area (Å²) in [6, 6.07) is 16.5. The molecule has 1 fully saturated rings. The summed E-state index contributed by atoms with van der Waals surface area (Å²) in [4.78, 5) is 16.0. The third-order valence-electron chi connectivity index (χ3n) is 5.97. The molecule has 4 aromatic rings. The van der Waals surface area contributed by atoms with Crippen molar-refractivity contribution in [1.29, 1.82) is 0 Å². The van der Waals surface area contributed by atoms with Crippen LogP contribution in [0.5, 0.6) is 10.9 Å². The van der Waals surface area contributed by atoms with Crippen molar-refractivity contribution in [3.8, 4) is 10.9 Å². The molecule has 5 rings (SSSR count). The highest BCUT2D eigenvalue weighted by Crippen LogP contribution is 2.31. The van der Waals surface area contributed by atoms with Crippen molar-refractivity contribution in [3.63, 3.8) is 0 Å². The average molecular weight is 535 g/mol. The number of carbonyl (C=O) groups is 1. The quantitative estimate of drug-likeness (QED) is 0.381. The SMILES string of the molecule is Cn1nnnc1C1CCN(CCc2ccc(Oc3nc4ccccc4s3)cc2)CC1.O=C(O)C(F)(F)F. The van der Waals surface area contributed by atoms with Gasteiger partial charge in [-0.3, -0.25) is 0 Å². The van der Waals surface area contributed by atoms with Gasteiger partial charge in [0.05, 0.1) is 10.2 Å². The molecule has 1 N–H and O–H groups in total. The lowest BCUT2D eigenvalue weighted by Crippen LogP contribution is -2.35. The third-order valence-corrected chi connectivity index (χ3v) is 6.88. The van der Waals surface area contributed by atoms with Gasteiger partial charge in [-0.15, -0.1) is 5.10 Å². The van der Waals surface area contributed by atoms with Crippen LogP contribution in [0.1, 0.15) is 30.1 Å². The number of tetrazole rings is 1. The van der Waals surface area contributed by atoms with E-state index in [2.05, 4.69) is 43.6 Å². The fourth-order valence-electron chi connectivity index (χ4n) is 4.00. The van der Waals surface area contributed by atoms with Crippen molar-refractivity contribution in [2.45, 2.75) is 31.4 Å². The molecule has 0 atom stereocenters. The van der Waals surface area contributed by atoms with Crippen LogP contribution >= 0.6 is 11.3 Å². The lowest BCUT2D eigenvalue weighted by atomic mass is 9.95. The summed E-state index contributed by atoms with van der Waals surface area (Å²) < 4.78 is 40.6. The first-order valence-electron chi connectivity index (χ1n) is 11.6. The van der Waals surface area contributed by atoms with Crippen LogP contribution in [0.4, 0.5) is 13.2 Å². The first kappa shape index (κ1) is 26.5. The highest BCUT2D eigenvalue weighted by Gasteiger charge is 2.38. The number of aromatic nitrogens is 5. The van der Waals surface area contributed by atoms with E-state index in [1.165, 1.54) is 5.56 Å². The number of aryl methyl sites for hydroxylation is 1. The molecular formula is C24H25F3N6O3S.